The topological polar surface area (TPSA) is 63.2 Å². The summed E-state index contributed by atoms with van der Waals surface area (Å²) in [5.41, 5.74) is 0. The molecule has 1 saturated carbocycles. The Labute approximate surface area is 115 Å². The standard InChI is InChI=1S/C15H25NO3/c1-10-4-6-13(7-5-10)14(18)9-16-15(19)11(2)8-12(3)17/h10-11,13H,4-9H2,1-3H3,(H,16,19)/t10?,11-,13?/m0/s1. The average Bonchev–Trinajstić information content (AvgIpc) is 2.35. The van der Waals surface area contributed by atoms with E-state index in [9.17, 15) is 14.4 Å². The molecule has 1 atom stereocenters. The molecule has 0 aromatic rings. The van der Waals surface area contributed by atoms with Gasteiger partial charge in [-0.15, -0.1) is 0 Å². The zero-order valence-electron chi connectivity index (χ0n) is 12.2. The van der Waals surface area contributed by atoms with E-state index in [0.29, 0.717) is 5.92 Å². The van der Waals surface area contributed by atoms with Crippen LogP contribution in [0.3, 0.4) is 0 Å². The van der Waals surface area contributed by atoms with E-state index in [0.717, 1.165) is 25.7 Å². The molecule has 0 bridgehead atoms. The molecule has 1 aliphatic rings. The molecule has 0 saturated heterocycles. The van der Waals surface area contributed by atoms with Crippen molar-refractivity contribution in [2.24, 2.45) is 17.8 Å². The maximum absolute atomic E-state index is 12.0. The third-order valence-electron chi connectivity index (χ3n) is 3.95. The largest absolute Gasteiger partial charge is 0.349 e. The lowest BCUT2D eigenvalue weighted by Crippen LogP contribution is -2.37. The molecule has 1 rings (SSSR count). The summed E-state index contributed by atoms with van der Waals surface area (Å²) in [5.74, 6) is 0.406. The van der Waals surface area contributed by atoms with Gasteiger partial charge in [0.15, 0.2) is 5.78 Å². The number of rotatable bonds is 6. The van der Waals surface area contributed by atoms with Crippen LogP contribution in [-0.2, 0) is 14.4 Å². The van der Waals surface area contributed by atoms with Gasteiger partial charge in [-0.25, -0.2) is 0 Å². The highest BCUT2D eigenvalue weighted by atomic mass is 16.2. The van der Waals surface area contributed by atoms with Gasteiger partial charge in [-0.2, -0.15) is 0 Å². The summed E-state index contributed by atoms with van der Waals surface area (Å²) >= 11 is 0. The minimum atomic E-state index is -0.350. The lowest BCUT2D eigenvalue weighted by molar-refractivity contribution is -0.130. The number of Topliss-reactive ketones (excluding diaryl/α,β-unsaturated/α-hetero) is 2. The van der Waals surface area contributed by atoms with E-state index in [1.54, 1.807) is 6.92 Å². The molecule has 1 amide bonds. The van der Waals surface area contributed by atoms with Crippen molar-refractivity contribution in [1.82, 2.24) is 5.32 Å². The van der Waals surface area contributed by atoms with Crippen LogP contribution in [0.2, 0.25) is 0 Å². The summed E-state index contributed by atoms with van der Waals surface area (Å²) in [4.78, 5) is 34.6. The van der Waals surface area contributed by atoms with Gasteiger partial charge in [-0.05, 0) is 25.7 Å². The third-order valence-corrected chi connectivity index (χ3v) is 3.95. The molecule has 0 aromatic heterocycles. The minimum absolute atomic E-state index is 0.00440. The highest BCUT2D eigenvalue weighted by Gasteiger charge is 2.24. The van der Waals surface area contributed by atoms with Gasteiger partial charge in [0, 0.05) is 18.3 Å². The van der Waals surface area contributed by atoms with E-state index in [2.05, 4.69) is 12.2 Å². The van der Waals surface area contributed by atoms with Crippen molar-refractivity contribution < 1.29 is 14.4 Å². The molecule has 108 valence electrons. The SMILES string of the molecule is CC(=O)C[C@H](C)C(=O)NCC(=O)C1CCC(C)CC1. The number of ketones is 2. The van der Waals surface area contributed by atoms with Crippen molar-refractivity contribution in [2.75, 3.05) is 6.54 Å². The zero-order chi connectivity index (χ0) is 14.4. The molecule has 19 heavy (non-hydrogen) atoms. The predicted molar refractivity (Wildman–Crippen MR) is 73.6 cm³/mol. The molecule has 1 N–H and O–H groups in total. The van der Waals surface area contributed by atoms with Crippen LogP contribution in [0.5, 0.6) is 0 Å². The number of carbonyl (C=O) groups is 3. The summed E-state index contributed by atoms with van der Waals surface area (Å²) in [6, 6.07) is 0. The van der Waals surface area contributed by atoms with Crippen molar-refractivity contribution in [3.05, 3.63) is 0 Å². The fraction of sp³-hybridized carbons (Fsp3) is 0.800. The normalized spacial score (nSPS) is 24.6. The maximum atomic E-state index is 12.0. The number of nitrogens with one attached hydrogen (secondary N) is 1. The second-order valence-corrected chi connectivity index (χ2v) is 5.95. The smallest absolute Gasteiger partial charge is 0.223 e. The summed E-state index contributed by atoms with van der Waals surface area (Å²) in [6.07, 6.45) is 4.33. The minimum Gasteiger partial charge on any atom is -0.349 e. The first kappa shape index (κ1) is 15.9. The quantitative estimate of drug-likeness (QED) is 0.801. The van der Waals surface area contributed by atoms with Crippen molar-refractivity contribution in [2.45, 2.75) is 52.9 Å². The molecule has 0 aliphatic heterocycles. The summed E-state index contributed by atoms with van der Waals surface area (Å²) in [5, 5.41) is 2.66. The Balaban J connectivity index is 2.29. The van der Waals surface area contributed by atoms with Gasteiger partial charge in [0.2, 0.25) is 5.91 Å². The van der Waals surface area contributed by atoms with Gasteiger partial charge < -0.3 is 10.1 Å². The first-order valence-corrected chi connectivity index (χ1v) is 7.20. The highest BCUT2D eigenvalue weighted by molar-refractivity contribution is 5.90. The van der Waals surface area contributed by atoms with Crippen molar-refractivity contribution in [1.29, 1.82) is 0 Å². The maximum Gasteiger partial charge on any atom is 0.223 e. The second-order valence-electron chi connectivity index (χ2n) is 5.95. The van der Waals surface area contributed by atoms with Crippen LogP contribution in [0.4, 0.5) is 0 Å². The highest BCUT2D eigenvalue weighted by Crippen LogP contribution is 2.28. The average molecular weight is 267 g/mol. The van der Waals surface area contributed by atoms with E-state index in [1.165, 1.54) is 6.92 Å². The number of hydrogen-bond donors (Lipinski definition) is 1. The van der Waals surface area contributed by atoms with Crippen LogP contribution in [0.25, 0.3) is 0 Å². The number of carbonyl (C=O) groups excluding carboxylic acids is 3. The molecule has 1 aliphatic carbocycles. The van der Waals surface area contributed by atoms with Gasteiger partial charge in [0.25, 0.3) is 0 Å². The van der Waals surface area contributed by atoms with Crippen molar-refractivity contribution in [3.8, 4) is 0 Å². The van der Waals surface area contributed by atoms with Crippen LogP contribution in [0, 0.1) is 17.8 Å². The van der Waals surface area contributed by atoms with Crippen LogP contribution in [0.15, 0.2) is 0 Å². The van der Waals surface area contributed by atoms with E-state index >= 15 is 0 Å². The van der Waals surface area contributed by atoms with Crippen molar-refractivity contribution in [3.63, 3.8) is 0 Å². The van der Waals surface area contributed by atoms with Crippen LogP contribution >= 0.6 is 0 Å². The van der Waals surface area contributed by atoms with Crippen molar-refractivity contribution >= 4 is 17.5 Å². The first-order chi connectivity index (χ1) is 8.90. The molecule has 1 fully saturated rings. The lowest BCUT2D eigenvalue weighted by atomic mass is 9.81. The molecule has 0 heterocycles. The van der Waals surface area contributed by atoms with E-state index in [1.807, 2.05) is 0 Å². The predicted octanol–water partition coefficient (Wildman–Crippen LogP) is 2.11. The molecule has 4 heteroatoms. The Morgan fingerprint density at radius 1 is 1.16 bits per heavy atom. The van der Waals surface area contributed by atoms with Crippen LogP contribution in [0.1, 0.15) is 52.9 Å². The molecule has 4 nitrogen and oxygen atoms in total. The monoisotopic (exact) mass is 267 g/mol. The number of amides is 1. The van der Waals surface area contributed by atoms with E-state index < -0.39 is 0 Å². The lowest BCUT2D eigenvalue weighted by Gasteiger charge is -2.25. The second kappa shape index (κ2) is 7.41. The Morgan fingerprint density at radius 3 is 2.26 bits per heavy atom. The fourth-order valence-corrected chi connectivity index (χ4v) is 2.60. The Hall–Kier alpha value is -1.19. The van der Waals surface area contributed by atoms with Gasteiger partial charge in [-0.3, -0.25) is 9.59 Å². The number of hydrogen-bond acceptors (Lipinski definition) is 3. The Kier molecular flexibility index (Phi) is 6.19. The van der Waals surface area contributed by atoms with Crippen LogP contribution < -0.4 is 5.32 Å². The molecular weight excluding hydrogens is 242 g/mol. The fourth-order valence-electron chi connectivity index (χ4n) is 2.60. The van der Waals surface area contributed by atoms with Gasteiger partial charge in [0.1, 0.15) is 5.78 Å². The molecular formula is C15H25NO3. The summed E-state index contributed by atoms with van der Waals surface area (Å²) < 4.78 is 0. The third kappa shape index (κ3) is 5.53. The van der Waals surface area contributed by atoms with Gasteiger partial charge in [-0.1, -0.05) is 26.7 Å². The summed E-state index contributed by atoms with van der Waals surface area (Å²) in [6.45, 7) is 5.51. The Morgan fingerprint density at radius 2 is 1.74 bits per heavy atom. The zero-order valence-corrected chi connectivity index (χ0v) is 12.2. The van der Waals surface area contributed by atoms with Gasteiger partial charge in [0.05, 0.1) is 6.54 Å². The molecule has 0 spiro atoms. The first-order valence-electron chi connectivity index (χ1n) is 7.20. The van der Waals surface area contributed by atoms with Gasteiger partial charge >= 0.3 is 0 Å². The molecule has 0 radical (unpaired) electrons. The molecule has 0 unspecified atom stereocenters. The van der Waals surface area contributed by atoms with E-state index in [4.69, 9.17) is 0 Å². The molecule has 0 aromatic carbocycles. The van der Waals surface area contributed by atoms with E-state index in [-0.39, 0.29) is 42.3 Å². The Bertz CT molecular complexity index is 343. The summed E-state index contributed by atoms with van der Waals surface area (Å²) in [7, 11) is 0. The van der Waals surface area contributed by atoms with Crippen LogP contribution in [-0.4, -0.2) is 24.0 Å².